The summed E-state index contributed by atoms with van der Waals surface area (Å²) in [5.41, 5.74) is 2.58. The molecule has 0 radical (unpaired) electrons. The van der Waals surface area contributed by atoms with Gasteiger partial charge in [-0.3, -0.25) is 14.0 Å². The zero-order valence-corrected chi connectivity index (χ0v) is 20.4. The number of nitrogens with zero attached hydrogens (tertiary/aromatic N) is 2. The van der Waals surface area contributed by atoms with Gasteiger partial charge >= 0.3 is 0 Å². The second-order valence-electron chi connectivity index (χ2n) is 8.74. The summed E-state index contributed by atoms with van der Waals surface area (Å²) in [6, 6.07) is 13.0. The highest BCUT2D eigenvalue weighted by Gasteiger charge is 2.35. The molecule has 2 aromatic carbocycles. The van der Waals surface area contributed by atoms with Gasteiger partial charge in [-0.25, -0.2) is 8.42 Å². The predicted octanol–water partition coefficient (Wildman–Crippen LogP) is 3.56. The SMILES string of the molecule is CS(=O)(=O)N1CC(C(=O)NCc2ccc(CN3CCCCCC3)cc2)Oc2ccc(Cl)cc21. The number of nitrogens with one attached hydrogen (secondary N) is 1. The topological polar surface area (TPSA) is 79.0 Å². The van der Waals surface area contributed by atoms with Crippen LogP contribution in [0, 0.1) is 0 Å². The van der Waals surface area contributed by atoms with E-state index in [2.05, 4.69) is 22.3 Å². The third kappa shape index (κ3) is 6.19. The maximum absolute atomic E-state index is 12.8. The van der Waals surface area contributed by atoms with Crippen LogP contribution in [-0.2, 0) is 27.9 Å². The summed E-state index contributed by atoms with van der Waals surface area (Å²) in [6.45, 7) is 3.49. The fraction of sp³-hybridized carbons (Fsp3) is 0.458. The second kappa shape index (κ2) is 10.3. The monoisotopic (exact) mass is 491 g/mol. The zero-order valence-electron chi connectivity index (χ0n) is 18.8. The molecule has 1 N–H and O–H groups in total. The summed E-state index contributed by atoms with van der Waals surface area (Å²) in [5, 5.41) is 3.27. The Morgan fingerprint density at radius 1 is 1.06 bits per heavy atom. The molecule has 2 aliphatic heterocycles. The van der Waals surface area contributed by atoms with Gasteiger partial charge in [0.05, 0.1) is 18.5 Å². The van der Waals surface area contributed by atoms with E-state index in [1.807, 2.05) is 12.1 Å². The first-order valence-electron chi connectivity index (χ1n) is 11.3. The van der Waals surface area contributed by atoms with E-state index in [4.69, 9.17) is 16.3 Å². The lowest BCUT2D eigenvalue weighted by Gasteiger charge is -2.34. The predicted molar refractivity (Wildman–Crippen MR) is 130 cm³/mol. The Balaban J connectivity index is 1.36. The van der Waals surface area contributed by atoms with E-state index in [0.717, 1.165) is 31.5 Å². The molecule has 0 aliphatic carbocycles. The molecular weight excluding hydrogens is 462 g/mol. The van der Waals surface area contributed by atoms with Gasteiger partial charge < -0.3 is 10.1 Å². The summed E-state index contributed by atoms with van der Waals surface area (Å²) in [4.78, 5) is 15.3. The molecule has 9 heteroatoms. The van der Waals surface area contributed by atoms with Crippen LogP contribution in [0.1, 0.15) is 36.8 Å². The maximum Gasteiger partial charge on any atom is 0.263 e. The van der Waals surface area contributed by atoms with Crippen LogP contribution in [0.15, 0.2) is 42.5 Å². The third-order valence-corrected chi connectivity index (χ3v) is 7.46. The van der Waals surface area contributed by atoms with Gasteiger partial charge in [0.15, 0.2) is 6.10 Å². The van der Waals surface area contributed by atoms with E-state index in [0.29, 0.717) is 23.0 Å². The number of halogens is 1. The van der Waals surface area contributed by atoms with Crippen LogP contribution in [0.3, 0.4) is 0 Å². The highest BCUT2D eigenvalue weighted by atomic mass is 35.5. The summed E-state index contributed by atoms with van der Waals surface area (Å²) in [5.74, 6) is -0.0491. The number of rotatable bonds is 6. The number of hydrogen-bond donors (Lipinski definition) is 1. The summed E-state index contributed by atoms with van der Waals surface area (Å²) in [7, 11) is -3.60. The van der Waals surface area contributed by atoms with Crippen molar-refractivity contribution in [1.29, 1.82) is 0 Å². The second-order valence-corrected chi connectivity index (χ2v) is 11.1. The van der Waals surface area contributed by atoms with E-state index in [1.165, 1.54) is 41.6 Å². The lowest BCUT2D eigenvalue weighted by atomic mass is 10.1. The number of fused-ring (bicyclic) bond motifs is 1. The van der Waals surface area contributed by atoms with Gasteiger partial charge in [-0.15, -0.1) is 0 Å². The van der Waals surface area contributed by atoms with E-state index >= 15 is 0 Å². The Bertz CT molecular complexity index is 1080. The van der Waals surface area contributed by atoms with Crippen molar-refractivity contribution in [1.82, 2.24) is 10.2 Å². The molecule has 2 aliphatic rings. The molecule has 0 aromatic heterocycles. The number of likely N-dealkylation sites (tertiary alicyclic amines) is 1. The van der Waals surface area contributed by atoms with Crippen molar-refractivity contribution in [2.45, 2.75) is 44.9 Å². The highest BCUT2D eigenvalue weighted by Crippen LogP contribution is 2.37. The van der Waals surface area contributed by atoms with Gasteiger partial charge in [-0.1, -0.05) is 48.7 Å². The molecule has 0 bridgehead atoms. The van der Waals surface area contributed by atoms with Gasteiger partial charge in [0.1, 0.15) is 5.75 Å². The zero-order chi connectivity index (χ0) is 23.4. The molecule has 1 atom stereocenters. The third-order valence-electron chi connectivity index (χ3n) is 6.08. The number of ether oxygens (including phenoxy) is 1. The average Bonchev–Trinajstić information content (AvgIpc) is 3.05. The van der Waals surface area contributed by atoms with E-state index in [9.17, 15) is 13.2 Å². The first-order chi connectivity index (χ1) is 15.8. The molecular formula is C24H30ClN3O4S. The van der Waals surface area contributed by atoms with Gasteiger partial charge in [0, 0.05) is 18.1 Å². The number of carbonyl (C=O) groups is 1. The van der Waals surface area contributed by atoms with Crippen LogP contribution in [0.5, 0.6) is 5.75 Å². The molecule has 1 saturated heterocycles. The molecule has 33 heavy (non-hydrogen) atoms. The van der Waals surface area contributed by atoms with Crippen molar-refractivity contribution in [2.75, 3.05) is 30.2 Å². The van der Waals surface area contributed by atoms with E-state index < -0.39 is 16.1 Å². The van der Waals surface area contributed by atoms with Gasteiger partial charge in [0.2, 0.25) is 10.0 Å². The molecule has 2 aromatic rings. The Hall–Kier alpha value is -2.29. The lowest BCUT2D eigenvalue weighted by molar-refractivity contribution is -0.127. The van der Waals surface area contributed by atoms with E-state index in [-0.39, 0.29) is 12.5 Å². The average molecular weight is 492 g/mol. The van der Waals surface area contributed by atoms with Crippen LogP contribution in [0.25, 0.3) is 0 Å². The standard InChI is InChI=1S/C24H30ClN3O4S/c1-33(30,31)28-17-23(32-22-11-10-20(25)14-21(22)28)24(29)26-15-18-6-8-19(9-7-18)16-27-12-4-2-3-5-13-27/h6-11,14,23H,2-5,12-13,15-17H2,1H3,(H,26,29). The van der Waals surface area contributed by atoms with Crippen molar-refractivity contribution < 1.29 is 17.9 Å². The number of sulfonamides is 1. The van der Waals surface area contributed by atoms with Crippen molar-refractivity contribution in [3.8, 4) is 5.75 Å². The fourth-order valence-electron chi connectivity index (χ4n) is 4.29. The van der Waals surface area contributed by atoms with Crippen LogP contribution in [0.4, 0.5) is 5.69 Å². The van der Waals surface area contributed by atoms with Crippen LogP contribution < -0.4 is 14.4 Å². The fourth-order valence-corrected chi connectivity index (χ4v) is 5.37. The Kier molecular flexibility index (Phi) is 7.46. The number of benzene rings is 2. The Morgan fingerprint density at radius 2 is 1.73 bits per heavy atom. The van der Waals surface area contributed by atoms with Crippen LogP contribution >= 0.6 is 11.6 Å². The first-order valence-corrected chi connectivity index (χ1v) is 13.5. The van der Waals surface area contributed by atoms with Crippen molar-refractivity contribution >= 4 is 33.2 Å². The quantitative estimate of drug-likeness (QED) is 0.668. The molecule has 7 nitrogen and oxygen atoms in total. The minimum atomic E-state index is -3.60. The Morgan fingerprint density at radius 3 is 2.39 bits per heavy atom. The normalized spacial score (nSPS) is 19.3. The highest BCUT2D eigenvalue weighted by molar-refractivity contribution is 7.92. The molecule has 1 amide bonds. The molecule has 4 rings (SSSR count). The number of anilines is 1. The molecule has 0 saturated carbocycles. The van der Waals surface area contributed by atoms with Crippen molar-refractivity contribution in [2.24, 2.45) is 0 Å². The molecule has 1 unspecified atom stereocenters. The number of carbonyl (C=O) groups excluding carboxylic acids is 1. The van der Waals surface area contributed by atoms with E-state index in [1.54, 1.807) is 12.1 Å². The van der Waals surface area contributed by atoms with Crippen molar-refractivity contribution in [3.05, 3.63) is 58.6 Å². The summed E-state index contributed by atoms with van der Waals surface area (Å²) in [6.07, 6.45) is 5.33. The summed E-state index contributed by atoms with van der Waals surface area (Å²) < 4.78 is 31.5. The molecule has 0 spiro atoms. The summed E-state index contributed by atoms with van der Waals surface area (Å²) >= 11 is 6.02. The minimum absolute atomic E-state index is 0.104. The van der Waals surface area contributed by atoms with Gasteiger partial charge in [0.25, 0.3) is 5.91 Å². The van der Waals surface area contributed by atoms with Crippen molar-refractivity contribution in [3.63, 3.8) is 0 Å². The Labute approximate surface area is 200 Å². The first kappa shape index (κ1) is 23.9. The molecule has 2 heterocycles. The van der Waals surface area contributed by atoms with Gasteiger partial charge in [-0.2, -0.15) is 0 Å². The largest absolute Gasteiger partial charge is 0.476 e. The number of amides is 1. The smallest absolute Gasteiger partial charge is 0.263 e. The minimum Gasteiger partial charge on any atom is -0.476 e. The maximum atomic E-state index is 12.8. The molecule has 178 valence electrons. The van der Waals surface area contributed by atoms with Crippen LogP contribution in [0.2, 0.25) is 5.02 Å². The van der Waals surface area contributed by atoms with Crippen LogP contribution in [-0.4, -0.2) is 51.2 Å². The van der Waals surface area contributed by atoms with Gasteiger partial charge in [-0.05, 0) is 55.3 Å². The number of hydrogen-bond acceptors (Lipinski definition) is 5. The lowest BCUT2D eigenvalue weighted by Crippen LogP contribution is -2.50. The molecule has 1 fully saturated rings.